The molecule has 1 heterocycles. The highest BCUT2D eigenvalue weighted by Crippen LogP contribution is 2.20. The first-order valence-electron chi connectivity index (χ1n) is 8.23. The first-order valence-corrected chi connectivity index (χ1v) is 8.23. The molecule has 0 radical (unpaired) electrons. The largest absolute Gasteiger partial charge is 0.359 e. The SMILES string of the molecule is CN=C(NCCCC(C)C)N1CCC(CC(=O)NC)CC1.I. The Hall–Kier alpha value is -0.530. The van der Waals surface area contributed by atoms with Crippen LogP contribution in [-0.2, 0) is 4.79 Å². The summed E-state index contributed by atoms with van der Waals surface area (Å²) in [5.74, 6) is 2.44. The third kappa shape index (κ3) is 8.19. The molecule has 1 amide bonds. The summed E-state index contributed by atoms with van der Waals surface area (Å²) in [6.45, 7) is 7.48. The molecule has 2 N–H and O–H groups in total. The molecule has 0 saturated carbocycles. The summed E-state index contributed by atoms with van der Waals surface area (Å²) in [4.78, 5) is 18.1. The first-order chi connectivity index (χ1) is 10.1. The maximum Gasteiger partial charge on any atom is 0.220 e. The van der Waals surface area contributed by atoms with Gasteiger partial charge in [0, 0.05) is 40.2 Å². The lowest BCUT2D eigenvalue weighted by atomic mass is 9.93. The summed E-state index contributed by atoms with van der Waals surface area (Å²) in [6, 6.07) is 0. The van der Waals surface area contributed by atoms with Crippen molar-refractivity contribution < 1.29 is 4.79 Å². The molecule has 130 valence electrons. The Kier molecular flexibility index (Phi) is 11.7. The topological polar surface area (TPSA) is 56.7 Å². The molecule has 22 heavy (non-hydrogen) atoms. The van der Waals surface area contributed by atoms with Gasteiger partial charge in [0.15, 0.2) is 5.96 Å². The number of halogens is 1. The number of guanidine groups is 1. The van der Waals surface area contributed by atoms with E-state index in [4.69, 9.17) is 0 Å². The number of piperidine rings is 1. The Morgan fingerprint density at radius 2 is 1.95 bits per heavy atom. The fraction of sp³-hybridized carbons (Fsp3) is 0.875. The fourth-order valence-corrected chi connectivity index (χ4v) is 2.76. The van der Waals surface area contributed by atoms with Gasteiger partial charge in [-0.3, -0.25) is 9.79 Å². The van der Waals surface area contributed by atoms with Gasteiger partial charge in [-0.05, 0) is 37.5 Å². The highest BCUT2D eigenvalue weighted by molar-refractivity contribution is 14.0. The number of carbonyl (C=O) groups is 1. The average Bonchev–Trinajstić information content (AvgIpc) is 2.48. The second kappa shape index (κ2) is 12.0. The van der Waals surface area contributed by atoms with Crippen LogP contribution in [0.25, 0.3) is 0 Å². The van der Waals surface area contributed by atoms with Gasteiger partial charge in [-0.25, -0.2) is 0 Å². The van der Waals surface area contributed by atoms with Crippen molar-refractivity contribution in [2.45, 2.75) is 46.0 Å². The van der Waals surface area contributed by atoms with Crippen LogP contribution in [0.2, 0.25) is 0 Å². The summed E-state index contributed by atoms with van der Waals surface area (Å²) in [5.41, 5.74) is 0. The van der Waals surface area contributed by atoms with Gasteiger partial charge in [-0.15, -0.1) is 24.0 Å². The molecule has 1 saturated heterocycles. The quantitative estimate of drug-likeness (QED) is 0.298. The summed E-state index contributed by atoms with van der Waals surface area (Å²) in [7, 11) is 3.56. The van der Waals surface area contributed by atoms with Gasteiger partial charge in [0.2, 0.25) is 5.91 Å². The van der Waals surface area contributed by atoms with Gasteiger partial charge in [0.25, 0.3) is 0 Å². The molecule has 5 nitrogen and oxygen atoms in total. The second-order valence-corrected chi connectivity index (χ2v) is 6.32. The Balaban J connectivity index is 0.00000441. The zero-order valence-corrected chi connectivity index (χ0v) is 16.9. The van der Waals surface area contributed by atoms with Gasteiger partial charge >= 0.3 is 0 Å². The van der Waals surface area contributed by atoms with E-state index in [-0.39, 0.29) is 29.9 Å². The van der Waals surface area contributed by atoms with E-state index >= 15 is 0 Å². The normalized spacial score (nSPS) is 16.4. The van der Waals surface area contributed by atoms with Crippen molar-refractivity contribution in [3.8, 4) is 0 Å². The van der Waals surface area contributed by atoms with Crippen molar-refractivity contribution in [3.63, 3.8) is 0 Å². The minimum Gasteiger partial charge on any atom is -0.359 e. The third-order valence-electron chi connectivity index (χ3n) is 4.12. The van der Waals surface area contributed by atoms with E-state index in [0.29, 0.717) is 12.3 Å². The van der Waals surface area contributed by atoms with Crippen LogP contribution in [0.3, 0.4) is 0 Å². The summed E-state index contributed by atoms with van der Waals surface area (Å²) in [5, 5.41) is 6.17. The maximum absolute atomic E-state index is 11.4. The first kappa shape index (κ1) is 21.5. The predicted octanol–water partition coefficient (Wildman–Crippen LogP) is 2.46. The van der Waals surface area contributed by atoms with Crippen LogP contribution in [0.15, 0.2) is 4.99 Å². The van der Waals surface area contributed by atoms with E-state index in [0.717, 1.165) is 44.4 Å². The molecule has 0 aromatic carbocycles. The highest BCUT2D eigenvalue weighted by Gasteiger charge is 2.22. The number of amides is 1. The summed E-state index contributed by atoms with van der Waals surface area (Å²) in [6.07, 6.45) is 5.23. The van der Waals surface area contributed by atoms with E-state index < -0.39 is 0 Å². The molecule has 0 bridgehead atoms. The number of aliphatic imine (C=N–C) groups is 1. The Morgan fingerprint density at radius 3 is 2.45 bits per heavy atom. The molecule has 0 atom stereocenters. The molecular formula is C16H33IN4O. The summed E-state index contributed by atoms with van der Waals surface area (Å²) < 4.78 is 0. The van der Waals surface area contributed by atoms with E-state index in [1.54, 1.807) is 7.05 Å². The summed E-state index contributed by atoms with van der Waals surface area (Å²) >= 11 is 0. The third-order valence-corrected chi connectivity index (χ3v) is 4.12. The van der Waals surface area contributed by atoms with E-state index in [9.17, 15) is 4.79 Å². The lowest BCUT2D eigenvalue weighted by Gasteiger charge is -2.34. The minimum atomic E-state index is 0. The molecular weight excluding hydrogens is 391 g/mol. The van der Waals surface area contributed by atoms with Crippen molar-refractivity contribution in [2.24, 2.45) is 16.8 Å². The van der Waals surface area contributed by atoms with Gasteiger partial charge in [0.1, 0.15) is 0 Å². The van der Waals surface area contributed by atoms with Crippen LogP contribution < -0.4 is 10.6 Å². The average molecular weight is 424 g/mol. The number of hydrogen-bond acceptors (Lipinski definition) is 2. The van der Waals surface area contributed by atoms with Gasteiger partial charge in [-0.2, -0.15) is 0 Å². The van der Waals surface area contributed by atoms with Crippen LogP contribution in [-0.4, -0.2) is 50.5 Å². The number of likely N-dealkylation sites (tertiary alicyclic amines) is 1. The fourth-order valence-electron chi connectivity index (χ4n) is 2.76. The molecule has 0 aliphatic carbocycles. The van der Waals surface area contributed by atoms with Crippen molar-refractivity contribution >= 4 is 35.8 Å². The van der Waals surface area contributed by atoms with E-state index in [2.05, 4.69) is 34.4 Å². The molecule has 1 fully saturated rings. The predicted molar refractivity (Wildman–Crippen MR) is 104 cm³/mol. The maximum atomic E-state index is 11.4. The number of nitrogens with zero attached hydrogens (tertiary/aromatic N) is 2. The van der Waals surface area contributed by atoms with Crippen molar-refractivity contribution in [1.82, 2.24) is 15.5 Å². The standard InChI is InChI=1S/C16H32N4O.HI/c1-13(2)6-5-9-19-16(18-4)20-10-7-14(8-11-20)12-15(21)17-3;/h13-14H,5-12H2,1-4H3,(H,17,21)(H,18,19);1H. The van der Waals surface area contributed by atoms with E-state index in [1.165, 1.54) is 12.8 Å². The number of nitrogens with one attached hydrogen (secondary N) is 2. The lowest BCUT2D eigenvalue weighted by molar-refractivity contribution is -0.121. The zero-order chi connectivity index (χ0) is 15.7. The molecule has 0 aromatic heterocycles. The Morgan fingerprint density at radius 1 is 1.32 bits per heavy atom. The van der Waals surface area contributed by atoms with Gasteiger partial charge < -0.3 is 15.5 Å². The van der Waals surface area contributed by atoms with Crippen molar-refractivity contribution in [3.05, 3.63) is 0 Å². The Labute approximate surface area is 152 Å². The molecule has 0 unspecified atom stereocenters. The van der Waals surface area contributed by atoms with Gasteiger partial charge in [0.05, 0.1) is 0 Å². The molecule has 1 rings (SSSR count). The van der Waals surface area contributed by atoms with E-state index in [1.807, 2.05) is 7.05 Å². The van der Waals surface area contributed by atoms with Crippen LogP contribution in [0.4, 0.5) is 0 Å². The number of hydrogen-bond donors (Lipinski definition) is 2. The van der Waals surface area contributed by atoms with Crippen LogP contribution in [0.5, 0.6) is 0 Å². The number of rotatable bonds is 6. The van der Waals surface area contributed by atoms with Crippen molar-refractivity contribution in [1.29, 1.82) is 0 Å². The van der Waals surface area contributed by atoms with Crippen molar-refractivity contribution in [2.75, 3.05) is 33.7 Å². The van der Waals surface area contributed by atoms with Crippen LogP contribution >= 0.6 is 24.0 Å². The minimum absolute atomic E-state index is 0. The molecule has 0 aromatic rings. The molecule has 1 aliphatic heterocycles. The lowest BCUT2D eigenvalue weighted by Crippen LogP contribution is -2.46. The zero-order valence-electron chi connectivity index (χ0n) is 14.5. The molecule has 0 spiro atoms. The smallest absolute Gasteiger partial charge is 0.220 e. The van der Waals surface area contributed by atoms with Crippen LogP contribution in [0, 0.1) is 11.8 Å². The monoisotopic (exact) mass is 424 g/mol. The number of carbonyl (C=O) groups excluding carboxylic acids is 1. The Bertz CT molecular complexity index is 339. The van der Waals surface area contributed by atoms with Crippen LogP contribution in [0.1, 0.15) is 46.0 Å². The second-order valence-electron chi connectivity index (χ2n) is 6.32. The molecule has 6 heteroatoms. The highest BCUT2D eigenvalue weighted by atomic mass is 127. The molecule has 1 aliphatic rings. The van der Waals surface area contributed by atoms with Gasteiger partial charge in [-0.1, -0.05) is 13.8 Å².